The molecule has 0 saturated carbocycles. The van der Waals surface area contributed by atoms with E-state index in [0.717, 1.165) is 12.0 Å². The minimum absolute atomic E-state index is 0.0512. The van der Waals surface area contributed by atoms with Crippen LogP contribution in [0.1, 0.15) is 24.7 Å². The zero-order valence-corrected chi connectivity index (χ0v) is 13.4. The molecule has 1 fully saturated rings. The van der Waals surface area contributed by atoms with Crippen LogP contribution in [-0.4, -0.2) is 46.9 Å². The van der Waals surface area contributed by atoms with Gasteiger partial charge in [-0.15, -0.1) is 0 Å². The molecule has 24 heavy (non-hydrogen) atoms. The number of anilines is 1. The lowest BCUT2D eigenvalue weighted by atomic mass is 10.1. The molecule has 2 amide bonds. The molecular formula is C16H19FN4O3. The van der Waals surface area contributed by atoms with Crippen molar-refractivity contribution in [3.05, 3.63) is 41.5 Å². The Morgan fingerprint density at radius 2 is 2.17 bits per heavy atom. The van der Waals surface area contributed by atoms with Gasteiger partial charge in [0, 0.05) is 19.5 Å². The Labute approximate surface area is 138 Å². The minimum atomic E-state index is -0.296. The van der Waals surface area contributed by atoms with Crippen LogP contribution in [0.15, 0.2) is 28.8 Å². The van der Waals surface area contributed by atoms with Gasteiger partial charge in [-0.2, -0.15) is 4.98 Å². The van der Waals surface area contributed by atoms with Gasteiger partial charge < -0.3 is 14.2 Å². The first-order chi connectivity index (χ1) is 11.6. The highest BCUT2D eigenvalue weighted by Crippen LogP contribution is 2.12. The molecule has 2 heterocycles. The van der Waals surface area contributed by atoms with Crippen LogP contribution in [0.4, 0.5) is 15.2 Å². The summed E-state index contributed by atoms with van der Waals surface area (Å²) in [6.07, 6.45) is 1.33. The second kappa shape index (κ2) is 7.39. The zero-order chi connectivity index (χ0) is 16.9. The number of nitrogens with zero attached hydrogens (tertiary/aromatic N) is 3. The number of hydrogen-bond acceptors (Lipinski definition) is 5. The van der Waals surface area contributed by atoms with E-state index < -0.39 is 0 Å². The maximum atomic E-state index is 12.9. The first-order valence-corrected chi connectivity index (χ1v) is 7.85. The number of rotatable bonds is 3. The average Bonchev–Trinajstić information content (AvgIpc) is 2.87. The normalized spacial score (nSPS) is 18.2. The maximum absolute atomic E-state index is 12.9. The number of aromatic nitrogens is 2. The second-order valence-electron chi connectivity index (χ2n) is 5.71. The molecule has 128 valence electrons. The van der Waals surface area contributed by atoms with Crippen LogP contribution in [0.3, 0.4) is 0 Å². The summed E-state index contributed by atoms with van der Waals surface area (Å²) in [5.41, 5.74) is 0.855. The van der Waals surface area contributed by atoms with E-state index in [-0.39, 0.29) is 24.0 Å². The monoisotopic (exact) mass is 334 g/mol. The van der Waals surface area contributed by atoms with Crippen molar-refractivity contribution in [3.63, 3.8) is 0 Å². The van der Waals surface area contributed by atoms with Gasteiger partial charge in [0.2, 0.25) is 0 Å². The van der Waals surface area contributed by atoms with Crippen molar-refractivity contribution < 1.29 is 18.4 Å². The van der Waals surface area contributed by atoms with E-state index in [4.69, 9.17) is 9.26 Å². The topological polar surface area (TPSA) is 80.5 Å². The predicted octanol–water partition coefficient (Wildman–Crippen LogP) is 2.44. The summed E-state index contributed by atoms with van der Waals surface area (Å²) >= 11 is 0. The number of carbonyl (C=O) groups excluding carboxylic acids is 1. The molecule has 0 radical (unpaired) electrons. The van der Waals surface area contributed by atoms with Crippen molar-refractivity contribution >= 4 is 12.0 Å². The summed E-state index contributed by atoms with van der Waals surface area (Å²) in [4.78, 5) is 18.0. The fraction of sp³-hybridized carbons (Fsp3) is 0.438. The fourth-order valence-electron chi connectivity index (χ4n) is 2.43. The van der Waals surface area contributed by atoms with Crippen LogP contribution in [0, 0.1) is 5.82 Å². The summed E-state index contributed by atoms with van der Waals surface area (Å²) < 4.78 is 23.5. The molecular weight excluding hydrogens is 315 g/mol. The highest BCUT2D eigenvalue weighted by Gasteiger charge is 2.20. The summed E-state index contributed by atoms with van der Waals surface area (Å²) in [6.45, 7) is 3.63. The van der Waals surface area contributed by atoms with Crippen LogP contribution in [0.25, 0.3) is 0 Å². The van der Waals surface area contributed by atoms with E-state index in [1.807, 2.05) is 6.92 Å². The molecule has 1 unspecified atom stereocenters. The number of benzene rings is 1. The molecule has 1 saturated heterocycles. The maximum Gasteiger partial charge on any atom is 0.329 e. The molecule has 0 bridgehead atoms. The van der Waals surface area contributed by atoms with Gasteiger partial charge in [0.05, 0.1) is 12.7 Å². The third kappa shape index (κ3) is 4.29. The van der Waals surface area contributed by atoms with Crippen molar-refractivity contribution in [2.75, 3.05) is 25.0 Å². The van der Waals surface area contributed by atoms with Gasteiger partial charge in [0.1, 0.15) is 5.82 Å². The number of urea groups is 1. The summed E-state index contributed by atoms with van der Waals surface area (Å²) in [5, 5.41) is 6.43. The molecule has 2 aromatic rings. The van der Waals surface area contributed by atoms with E-state index in [9.17, 15) is 9.18 Å². The summed E-state index contributed by atoms with van der Waals surface area (Å²) in [5.74, 6) is 0.125. The second-order valence-corrected chi connectivity index (χ2v) is 5.71. The largest absolute Gasteiger partial charge is 0.377 e. The zero-order valence-electron chi connectivity index (χ0n) is 13.4. The van der Waals surface area contributed by atoms with Crippen molar-refractivity contribution in [1.29, 1.82) is 0 Å². The van der Waals surface area contributed by atoms with Gasteiger partial charge in [0.25, 0.3) is 0 Å². The van der Waals surface area contributed by atoms with Crippen LogP contribution in [0.5, 0.6) is 0 Å². The molecule has 1 N–H and O–H groups in total. The highest BCUT2D eigenvalue weighted by molar-refractivity contribution is 5.87. The molecule has 3 rings (SSSR count). The van der Waals surface area contributed by atoms with Gasteiger partial charge in [-0.25, -0.2) is 9.18 Å². The molecule has 0 aliphatic carbocycles. The minimum Gasteiger partial charge on any atom is -0.377 e. The molecule has 1 aromatic carbocycles. The van der Waals surface area contributed by atoms with Crippen LogP contribution in [-0.2, 0) is 11.2 Å². The van der Waals surface area contributed by atoms with E-state index in [2.05, 4.69) is 15.5 Å². The summed E-state index contributed by atoms with van der Waals surface area (Å²) in [6, 6.07) is 5.83. The Morgan fingerprint density at radius 3 is 2.96 bits per heavy atom. The van der Waals surface area contributed by atoms with Gasteiger partial charge in [-0.3, -0.25) is 5.32 Å². The molecule has 7 nitrogen and oxygen atoms in total. The average molecular weight is 334 g/mol. The van der Waals surface area contributed by atoms with Crippen molar-refractivity contribution in [2.45, 2.75) is 25.9 Å². The lowest BCUT2D eigenvalue weighted by Gasteiger charge is -2.18. The first kappa shape index (κ1) is 16.4. The van der Waals surface area contributed by atoms with Crippen LogP contribution < -0.4 is 5.32 Å². The smallest absolute Gasteiger partial charge is 0.329 e. The van der Waals surface area contributed by atoms with E-state index in [1.54, 1.807) is 17.0 Å². The number of halogens is 1. The Hall–Kier alpha value is -2.48. The Balaban J connectivity index is 1.57. The van der Waals surface area contributed by atoms with Crippen LogP contribution >= 0.6 is 0 Å². The van der Waals surface area contributed by atoms with Gasteiger partial charge in [-0.1, -0.05) is 17.3 Å². The van der Waals surface area contributed by atoms with Crippen molar-refractivity contribution in [2.24, 2.45) is 0 Å². The van der Waals surface area contributed by atoms with Gasteiger partial charge in [0.15, 0.2) is 5.82 Å². The third-order valence-electron chi connectivity index (χ3n) is 3.81. The van der Waals surface area contributed by atoms with Crippen molar-refractivity contribution in [1.82, 2.24) is 15.0 Å². The lowest BCUT2D eigenvalue weighted by Crippen LogP contribution is -2.36. The number of amides is 2. The highest BCUT2D eigenvalue weighted by atomic mass is 19.1. The molecule has 1 aromatic heterocycles. The number of ether oxygens (including phenoxy) is 1. The number of hydrogen-bond donors (Lipinski definition) is 1. The molecule has 0 spiro atoms. The van der Waals surface area contributed by atoms with E-state index in [0.29, 0.717) is 31.9 Å². The first-order valence-electron chi connectivity index (χ1n) is 7.85. The quantitative estimate of drug-likeness (QED) is 0.932. The Kier molecular flexibility index (Phi) is 5.05. The third-order valence-corrected chi connectivity index (χ3v) is 3.81. The lowest BCUT2D eigenvalue weighted by molar-refractivity contribution is 0.0761. The van der Waals surface area contributed by atoms with E-state index >= 15 is 0 Å². The molecule has 1 aliphatic rings. The van der Waals surface area contributed by atoms with Gasteiger partial charge >= 0.3 is 12.0 Å². The SMILES string of the molecule is CC1CCN(C(=O)Nc2nc(Cc3ccc(F)cc3)no2)CCO1. The number of carbonyl (C=O) groups is 1. The van der Waals surface area contributed by atoms with Crippen LogP contribution in [0.2, 0.25) is 0 Å². The fourth-order valence-corrected chi connectivity index (χ4v) is 2.43. The van der Waals surface area contributed by atoms with Gasteiger partial charge in [-0.05, 0) is 31.0 Å². The van der Waals surface area contributed by atoms with Crippen molar-refractivity contribution in [3.8, 4) is 0 Å². The predicted molar refractivity (Wildman–Crippen MR) is 84.1 cm³/mol. The molecule has 1 aliphatic heterocycles. The Bertz CT molecular complexity index is 689. The van der Waals surface area contributed by atoms with E-state index in [1.165, 1.54) is 12.1 Å². The molecule has 8 heteroatoms. The summed E-state index contributed by atoms with van der Waals surface area (Å²) in [7, 11) is 0. The standard InChI is InChI=1S/C16H19FN4O3/c1-11-6-7-21(8-9-23-11)16(22)19-15-18-14(20-24-15)10-12-2-4-13(17)5-3-12/h2-5,11H,6-10H2,1H3,(H,18,19,20,22). The Morgan fingerprint density at radius 1 is 1.38 bits per heavy atom. The molecule has 1 atom stereocenters. The number of nitrogens with one attached hydrogen (secondary N) is 1.